The smallest absolute Gasteiger partial charge is 0.281 e. The number of anilines is 1. The maximum absolute atomic E-state index is 12.9. The Kier molecular flexibility index (Phi) is 7.21. The molecule has 2 aliphatic rings. The minimum atomic E-state index is -0.0774. The molecule has 1 amide bonds. The summed E-state index contributed by atoms with van der Waals surface area (Å²) in [6.07, 6.45) is 0.918. The number of amides is 1. The van der Waals surface area contributed by atoms with E-state index in [1.807, 2.05) is 29.2 Å². The molecule has 35 heavy (non-hydrogen) atoms. The minimum absolute atomic E-state index is 0.0774. The Morgan fingerprint density at radius 3 is 2.03 bits per heavy atom. The number of carbonyl (C=O) groups is 1. The predicted octanol–water partition coefficient (Wildman–Crippen LogP) is 4.18. The fourth-order valence-corrected chi connectivity index (χ4v) is 5.25. The number of fused-ring (bicyclic) bond motifs is 1. The van der Waals surface area contributed by atoms with Crippen LogP contribution in [0.15, 0.2) is 90.1 Å². The molecule has 1 fully saturated rings. The molecule has 0 saturated carbocycles. The Morgan fingerprint density at radius 1 is 0.800 bits per heavy atom. The summed E-state index contributed by atoms with van der Waals surface area (Å²) >= 11 is 0. The molecule has 0 unspecified atom stereocenters. The quantitative estimate of drug-likeness (QED) is 0.466. The van der Waals surface area contributed by atoms with Crippen LogP contribution in [0.3, 0.4) is 0 Å². The average Bonchev–Trinajstić information content (AvgIpc) is 3.17. The van der Waals surface area contributed by atoms with Gasteiger partial charge in [0.2, 0.25) is 0 Å². The lowest BCUT2D eigenvalue weighted by Crippen LogP contribution is -2.48. The van der Waals surface area contributed by atoms with Gasteiger partial charge < -0.3 is 14.6 Å². The summed E-state index contributed by atoms with van der Waals surface area (Å²) in [6.45, 7) is 5.73. The van der Waals surface area contributed by atoms with Crippen LogP contribution < -0.4 is 4.90 Å². The number of nitrogens with zero attached hydrogens (tertiary/aromatic N) is 4. The molecule has 2 heterocycles. The Morgan fingerprint density at radius 2 is 1.40 bits per heavy atom. The molecule has 0 radical (unpaired) electrons. The van der Waals surface area contributed by atoms with Crippen molar-refractivity contribution in [3.63, 3.8) is 0 Å². The normalized spacial score (nSPS) is 17.8. The first kappa shape index (κ1) is 23.3. The largest absolute Gasteiger partial charge is 0.398 e. The summed E-state index contributed by atoms with van der Waals surface area (Å²) in [5.74, 6) is -0.0774. The van der Waals surface area contributed by atoms with Crippen molar-refractivity contribution in [3.8, 4) is 0 Å². The van der Waals surface area contributed by atoms with Gasteiger partial charge in [0.25, 0.3) is 5.91 Å². The van der Waals surface area contributed by atoms with Crippen LogP contribution in [0.2, 0.25) is 0 Å². The maximum Gasteiger partial charge on any atom is 0.281 e. The minimum Gasteiger partial charge on any atom is -0.398 e. The molecule has 6 heteroatoms. The highest BCUT2D eigenvalue weighted by molar-refractivity contribution is 6.54. The molecule has 0 spiro atoms. The maximum atomic E-state index is 12.9. The highest BCUT2D eigenvalue weighted by Crippen LogP contribution is 2.31. The third-order valence-electron chi connectivity index (χ3n) is 6.94. The van der Waals surface area contributed by atoms with E-state index < -0.39 is 0 Å². The summed E-state index contributed by atoms with van der Waals surface area (Å²) in [6, 6.07) is 29.7. The first-order valence-corrected chi connectivity index (χ1v) is 12.3. The van der Waals surface area contributed by atoms with Gasteiger partial charge in [-0.1, -0.05) is 84.0 Å². The van der Waals surface area contributed by atoms with Gasteiger partial charge in [-0.15, -0.1) is 0 Å². The van der Waals surface area contributed by atoms with Gasteiger partial charge in [0.15, 0.2) is 5.71 Å². The molecular formula is C29H32N4O2. The van der Waals surface area contributed by atoms with E-state index in [1.54, 1.807) is 0 Å². The number of hydrogen-bond acceptors (Lipinski definition) is 5. The Balaban J connectivity index is 1.19. The van der Waals surface area contributed by atoms with Crippen molar-refractivity contribution >= 4 is 17.3 Å². The highest BCUT2D eigenvalue weighted by atomic mass is 16.6. The van der Waals surface area contributed by atoms with Crippen LogP contribution in [0.5, 0.6) is 0 Å². The number of piperazine rings is 1. The van der Waals surface area contributed by atoms with Gasteiger partial charge in [-0.25, -0.2) is 0 Å². The lowest BCUT2D eigenvalue weighted by molar-refractivity contribution is -0.112. The fraction of sp³-hybridized carbons (Fsp3) is 0.310. The van der Waals surface area contributed by atoms with E-state index in [-0.39, 0.29) is 11.9 Å². The fourth-order valence-electron chi connectivity index (χ4n) is 5.25. The van der Waals surface area contributed by atoms with Crippen molar-refractivity contribution in [1.82, 2.24) is 9.80 Å². The van der Waals surface area contributed by atoms with Crippen LogP contribution in [0.4, 0.5) is 5.69 Å². The molecule has 1 saturated heterocycles. The zero-order valence-electron chi connectivity index (χ0n) is 20.2. The van der Waals surface area contributed by atoms with E-state index in [4.69, 9.17) is 4.84 Å². The number of carbonyl (C=O) groups excluding carboxylic acids is 1. The van der Waals surface area contributed by atoms with Gasteiger partial charge in [0, 0.05) is 38.3 Å². The van der Waals surface area contributed by atoms with E-state index in [0.717, 1.165) is 50.4 Å². The second kappa shape index (κ2) is 10.8. The second-order valence-electron chi connectivity index (χ2n) is 9.05. The van der Waals surface area contributed by atoms with Crippen molar-refractivity contribution in [2.24, 2.45) is 5.16 Å². The lowest BCUT2D eigenvalue weighted by Gasteiger charge is -2.40. The van der Waals surface area contributed by atoms with Gasteiger partial charge in [0.05, 0.1) is 11.7 Å². The molecule has 0 atom stereocenters. The van der Waals surface area contributed by atoms with Crippen LogP contribution >= 0.6 is 0 Å². The Bertz CT molecular complexity index is 1120. The van der Waals surface area contributed by atoms with E-state index in [9.17, 15) is 4.79 Å². The zero-order chi connectivity index (χ0) is 24.0. The van der Waals surface area contributed by atoms with E-state index in [0.29, 0.717) is 12.3 Å². The number of para-hydroxylation sites is 1. The highest BCUT2D eigenvalue weighted by Gasteiger charge is 2.34. The number of hydrogen-bond donors (Lipinski definition) is 0. The number of rotatable bonds is 8. The van der Waals surface area contributed by atoms with Gasteiger partial charge in [-0.05, 0) is 30.2 Å². The van der Waals surface area contributed by atoms with E-state index in [2.05, 4.69) is 75.6 Å². The number of benzene rings is 3. The zero-order valence-corrected chi connectivity index (χ0v) is 20.2. The molecule has 3 aromatic carbocycles. The predicted molar refractivity (Wildman–Crippen MR) is 140 cm³/mol. The van der Waals surface area contributed by atoms with Crippen LogP contribution in [0.1, 0.15) is 29.2 Å². The monoisotopic (exact) mass is 468 g/mol. The van der Waals surface area contributed by atoms with Crippen LogP contribution in [-0.4, -0.2) is 67.8 Å². The molecule has 2 aliphatic heterocycles. The summed E-state index contributed by atoms with van der Waals surface area (Å²) < 4.78 is 0. The molecule has 3 aromatic rings. The van der Waals surface area contributed by atoms with Crippen molar-refractivity contribution < 1.29 is 9.63 Å². The molecular weight excluding hydrogens is 436 g/mol. The number of oxime groups is 1. The second-order valence-corrected chi connectivity index (χ2v) is 9.05. The summed E-state index contributed by atoms with van der Waals surface area (Å²) in [5.41, 5.74) is 4.84. The molecule has 5 rings (SSSR count). The SMILES string of the molecule is CON=C1C(=O)N(CCCN2CCN(C(c3ccccc3)c3ccccc3)CC2)c2ccccc21. The van der Waals surface area contributed by atoms with Gasteiger partial charge in [-0.2, -0.15) is 0 Å². The molecule has 6 nitrogen and oxygen atoms in total. The molecule has 0 bridgehead atoms. The molecule has 0 aliphatic carbocycles. The third kappa shape index (κ3) is 4.99. The van der Waals surface area contributed by atoms with Gasteiger partial charge >= 0.3 is 0 Å². The lowest BCUT2D eigenvalue weighted by atomic mass is 9.96. The van der Waals surface area contributed by atoms with Gasteiger partial charge in [-0.3, -0.25) is 9.69 Å². The van der Waals surface area contributed by atoms with Crippen molar-refractivity contribution in [1.29, 1.82) is 0 Å². The third-order valence-corrected chi connectivity index (χ3v) is 6.94. The average molecular weight is 469 g/mol. The van der Waals surface area contributed by atoms with Gasteiger partial charge in [0.1, 0.15) is 7.11 Å². The van der Waals surface area contributed by atoms with Crippen LogP contribution in [0, 0.1) is 0 Å². The van der Waals surface area contributed by atoms with Crippen LogP contribution in [0.25, 0.3) is 0 Å². The molecule has 180 valence electrons. The summed E-state index contributed by atoms with van der Waals surface area (Å²) in [5, 5.41) is 3.98. The topological polar surface area (TPSA) is 48.4 Å². The van der Waals surface area contributed by atoms with Crippen molar-refractivity contribution in [3.05, 3.63) is 102 Å². The van der Waals surface area contributed by atoms with Crippen molar-refractivity contribution in [2.75, 3.05) is 51.3 Å². The Labute approximate surface area is 207 Å². The molecule has 0 N–H and O–H groups in total. The summed E-state index contributed by atoms with van der Waals surface area (Å²) in [4.78, 5) is 24.8. The van der Waals surface area contributed by atoms with E-state index >= 15 is 0 Å². The van der Waals surface area contributed by atoms with Crippen LogP contribution in [-0.2, 0) is 9.63 Å². The standard InChI is InChI=1S/C29H32N4O2/c1-35-30-27-25-15-8-9-16-26(25)33(29(27)34)18-10-17-31-19-21-32(22-20-31)28(23-11-4-2-5-12-23)24-13-6-3-7-14-24/h2-9,11-16,28H,10,17-22H2,1H3. The summed E-state index contributed by atoms with van der Waals surface area (Å²) in [7, 11) is 1.48. The first-order chi connectivity index (χ1) is 17.3. The Hall–Kier alpha value is -3.48. The molecule has 0 aromatic heterocycles. The van der Waals surface area contributed by atoms with E-state index in [1.165, 1.54) is 18.2 Å². The van der Waals surface area contributed by atoms with Crippen molar-refractivity contribution in [2.45, 2.75) is 12.5 Å². The first-order valence-electron chi connectivity index (χ1n) is 12.3.